The van der Waals surface area contributed by atoms with Crippen molar-refractivity contribution < 1.29 is 4.79 Å². The molecule has 0 aliphatic rings. The van der Waals surface area contributed by atoms with Gasteiger partial charge in [-0.15, -0.1) is 0 Å². The molecule has 0 aliphatic carbocycles. The molecule has 0 bridgehead atoms. The van der Waals surface area contributed by atoms with E-state index in [-0.39, 0.29) is 11.3 Å². The van der Waals surface area contributed by atoms with E-state index < -0.39 is 0 Å². The number of fused-ring (bicyclic) bond motifs is 1. The molecule has 0 unspecified atom stereocenters. The van der Waals surface area contributed by atoms with Gasteiger partial charge in [0.15, 0.2) is 0 Å². The molecule has 0 aliphatic heterocycles. The lowest BCUT2D eigenvalue weighted by molar-refractivity contribution is 0.0955. The van der Waals surface area contributed by atoms with Crippen LogP contribution in [0.4, 0.5) is 0 Å². The molecule has 0 saturated carbocycles. The van der Waals surface area contributed by atoms with Gasteiger partial charge in [-0.2, -0.15) is 5.10 Å². The van der Waals surface area contributed by atoms with Crippen LogP contribution >= 0.6 is 0 Å². The van der Waals surface area contributed by atoms with E-state index in [2.05, 4.69) is 66.3 Å². The zero-order chi connectivity index (χ0) is 21.8. The van der Waals surface area contributed by atoms with E-state index in [1.807, 2.05) is 54.6 Å². The average Bonchev–Trinajstić information content (AvgIpc) is 3.11. The minimum atomic E-state index is -0.218. The van der Waals surface area contributed by atoms with Gasteiger partial charge in [-0.3, -0.25) is 4.79 Å². The lowest BCUT2D eigenvalue weighted by atomic mass is 9.87. The lowest BCUT2D eigenvalue weighted by Crippen LogP contribution is -2.18. The standard InChI is InChI=1S/C27H27N3O/c1-27(2,3)23-15-13-21(14-16-23)26(31)29-28-17-22-19-30(18-20-9-5-4-6-10-20)25-12-8-7-11-24(22)25/h4-17,19H,18H2,1-3H3,(H,29,31)/b28-17+. The number of carbonyl (C=O) groups excluding carboxylic acids is 1. The quantitative estimate of drug-likeness (QED) is 0.331. The van der Waals surface area contributed by atoms with Crippen LogP contribution in [0.5, 0.6) is 0 Å². The minimum absolute atomic E-state index is 0.0567. The number of carbonyl (C=O) groups is 1. The summed E-state index contributed by atoms with van der Waals surface area (Å²) in [6, 6.07) is 26.3. The SMILES string of the molecule is CC(C)(C)c1ccc(C(=O)N/N=C/c2cn(Cc3ccccc3)c3ccccc23)cc1. The Bertz CT molecular complexity index is 1210. The van der Waals surface area contributed by atoms with Crippen molar-refractivity contribution in [2.75, 3.05) is 0 Å². The Labute approximate surface area is 183 Å². The van der Waals surface area contributed by atoms with Crippen molar-refractivity contribution in [2.45, 2.75) is 32.7 Å². The molecular weight excluding hydrogens is 382 g/mol. The van der Waals surface area contributed by atoms with E-state index in [4.69, 9.17) is 0 Å². The highest BCUT2D eigenvalue weighted by Gasteiger charge is 2.14. The van der Waals surface area contributed by atoms with Gasteiger partial charge in [-0.1, -0.05) is 81.4 Å². The summed E-state index contributed by atoms with van der Waals surface area (Å²) in [5, 5.41) is 5.32. The van der Waals surface area contributed by atoms with E-state index in [1.165, 1.54) is 11.1 Å². The molecule has 3 aromatic carbocycles. The molecule has 1 aromatic heterocycles. The maximum absolute atomic E-state index is 12.5. The second kappa shape index (κ2) is 8.60. The zero-order valence-electron chi connectivity index (χ0n) is 18.2. The Morgan fingerprint density at radius 3 is 2.32 bits per heavy atom. The van der Waals surface area contributed by atoms with Crippen LogP contribution in [0.3, 0.4) is 0 Å². The van der Waals surface area contributed by atoms with Crippen LogP contribution in [0, 0.1) is 0 Å². The van der Waals surface area contributed by atoms with E-state index in [0.717, 1.165) is 23.0 Å². The molecule has 0 spiro atoms. The van der Waals surface area contributed by atoms with Gasteiger partial charge in [0.05, 0.1) is 6.21 Å². The molecule has 4 aromatic rings. The third kappa shape index (κ3) is 4.75. The van der Waals surface area contributed by atoms with Crippen molar-refractivity contribution >= 4 is 23.0 Å². The van der Waals surface area contributed by atoms with Gasteiger partial charge in [-0.05, 0) is 34.7 Å². The molecule has 1 N–H and O–H groups in total. The Balaban J connectivity index is 1.51. The predicted octanol–water partition coefficient (Wildman–Crippen LogP) is 5.75. The van der Waals surface area contributed by atoms with Gasteiger partial charge in [0, 0.05) is 34.8 Å². The fourth-order valence-electron chi connectivity index (χ4n) is 3.64. The molecule has 4 nitrogen and oxygen atoms in total. The number of benzene rings is 3. The molecular formula is C27H27N3O. The van der Waals surface area contributed by atoms with Gasteiger partial charge < -0.3 is 4.57 Å². The highest BCUT2D eigenvalue weighted by molar-refractivity contribution is 6.00. The summed E-state index contributed by atoms with van der Waals surface area (Å²) in [5.41, 5.74) is 7.83. The van der Waals surface area contributed by atoms with Gasteiger partial charge in [-0.25, -0.2) is 5.43 Å². The number of hydrogen-bond donors (Lipinski definition) is 1. The molecule has 31 heavy (non-hydrogen) atoms. The van der Waals surface area contributed by atoms with Gasteiger partial charge >= 0.3 is 0 Å². The number of hydrazone groups is 1. The van der Waals surface area contributed by atoms with Crippen LogP contribution < -0.4 is 5.43 Å². The van der Waals surface area contributed by atoms with Gasteiger partial charge in [0.2, 0.25) is 0 Å². The summed E-state index contributed by atoms with van der Waals surface area (Å²) in [5.74, 6) is -0.218. The monoisotopic (exact) mass is 409 g/mol. The molecule has 1 amide bonds. The first kappa shape index (κ1) is 20.6. The molecule has 0 saturated heterocycles. The smallest absolute Gasteiger partial charge is 0.271 e. The first-order chi connectivity index (χ1) is 14.9. The van der Waals surface area contributed by atoms with Crippen molar-refractivity contribution in [3.63, 3.8) is 0 Å². The number of rotatable bonds is 5. The molecule has 0 radical (unpaired) electrons. The van der Waals surface area contributed by atoms with E-state index in [1.54, 1.807) is 6.21 Å². The second-order valence-electron chi connectivity index (χ2n) is 8.74. The van der Waals surface area contributed by atoms with Crippen molar-refractivity contribution in [3.8, 4) is 0 Å². The largest absolute Gasteiger partial charge is 0.342 e. The Morgan fingerprint density at radius 2 is 1.61 bits per heavy atom. The third-order valence-electron chi connectivity index (χ3n) is 5.40. The molecule has 4 rings (SSSR count). The topological polar surface area (TPSA) is 46.4 Å². The summed E-state index contributed by atoms with van der Waals surface area (Å²) < 4.78 is 2.21. The Kier molecular flexibility index (Phi) is 5.72. The van der Waals surface area contributed by atoms with Crippen molar-refractivity contribution in [1.29, 1.82) is 0 Å². The van der Waals surface area contributed by atoms with Crippen LogP contribution in [-0.4, -0.2) is 16.7 Å². The maximum atomic E-state index is 12.5. The van der Waals surface area contributed by atoms with Gasteiger partial charge in [0.25, 0.3) is 5.91 Å². The van der Waals surface area contributed by atoms with Gasteiger partial charge in [0.1, 0.15) is 0 Å². The average molecular weight is 410 g/mol. The fourth-order valence-corrected chi connectivity index (χ4v) is 3.64. The number of hydrogen-bond acceptors (Lipinski definition) is 2. The number of para-hydroxylation sites is 1. The van der Waals surface area contributed by atoms with E-state index >= 15 is 0 Å². The zero-order valence-corrected chi connectivity index (χ0v) is 18.2. The molecule has 0 fully saturated rings. The highest BCUT2D eigenvalue weighted by atomic mass is 16.2. The van der Waals surface area contributed by atoms with Crippen molar-refractivity contribution in [2.24, 2.45) is 5.10 Å². The van der Waals surface area contributed by atoms with Crippen LogP contribution in [0.25, 0.3) is 10.9 Å². The summed E-state index contributed by atoms with van der Waals surface area (Å²) in [4.78, 5) is 12.5. The highest BCUT2D eigenvalue weighted by Crippen LogP contribution is 2.23. The molecule has 156 valence electrons. The summed E-state index contributed by atoms with van der Waals surface area (Å²) in [6.45, 7) is 7.24. The van der Waals surface area contributed by atoms with Crippen molar-refractivity contribution in [1.82, 2.24) is 9.99 Å². The lowest BCUT2D eigenvalue weighted by Gasteiger charge is -2.18. The Hall–Kier alpha value is -3.66. The molecule has 1 heterocycles. The fraction of sp³-hybridized carbons (Fsp3) is 0.185. The summed E-state index contributed by atoms with van der Waals surface area (Å²) >= 11 is 0. The molecule has 4 heteroatoms. The summed E-state index contributed by atoms with van der Waals surface area (Å²) in [7, 11) is 0. The summed E-state index contributed by atoms with van der Waals surface area (Å²) in [6.07, 6.45) is 3.79. The first-order valence-electron chi connectivity index (χ1n) is 10.5. The van der Waals surface area contributed by atoms with Crippen molar-refractivity contribution in [3.05, 3.63) is 107 Å². The van der Waals surface area contributed by atoms with Crippen LogP contribution in [0.2, 0.25) is 0 Å². The first-order valence-corrected chi connectivity index (χ1v) is 10.5. The number of aromatic nitrogens is 1. The normalized spacial score (nSPS) is 11.8. The van der Waals surface area contributed by atoms with Crippen LogP contribution in [0.15, 0.2) is 90.2 Å². The second-order valence-corrected chi connectivity index (χ2v) is 8.74. The number of amides is 1. The van der Waals surface area contributed by atoms with Crippen LogP contribution in [-0.2, 0) is 12.0 Å². The minimum Gasteiger partial charge on any atom is -0.342 e. The third-order valence-corrected chi connectivity index (χ3v) is 5.40. The predicted molar refractivity (Wildman–Crippen MR) is 128 cm³/mol. The Morgan fingerprint density at radius 1 is 0.935 bits per heavy atom. The molecule has 0 atom stereocenters. The van der Waals surface area contributed by atoms with E-state index in [9.17, 15) is 4.79 Å². The van der Waals surface area contributed by atoms with Crippen LogP contribution in [0.1, 0.15) is 47.8 Å². The maximum Gasteiger partial charge on any atom is 0.271 e. The van der Waals surface area contributed by atoms with E-state index in [0.29, 0.717) is 5.56 Å². The number of nitrogens with one attached hydrogen (secondary N) is 1. The number of nitrogens with zero attached hydrogens (tertiary/aromatic N) is 2.